The number of hydrogen-bond acceptors (Lipinski definition) is 9. The van der Waals surface area contributed by atoms with Gasteiger partial charge in [0.2, 0.25) is 0 Å². The number of nitrogens with zero attached hydrogens (tertiary/aromatic N) is 5. The molecule has 98 heavy (non-hydrogen) atoms. The van der Waals surface area contributed by atoms with Crippen LogP contribution in [0.15, 0.2) is 318 Å². The summed E-state index contributed by atoms with van der Waals surface area (Å²) in [5, 5.41) is 11.5. The van der Waals surface area contributed by atoms with Gasteiger partial charge >= 0.3 is 0 Å². The van der Waals surface area contributed by atoms with E-state index < -0.39 is 0 Å². The zero-order valence-corrected chi connectivity index (χ0v) is 53.9. The number of fused-ring (bicyclic) bond motifs is 13. The van der Waals surface area contributed by atoms with Gasteiger partial charge in [-0.25, -0.2) is 24.9 Å². The third-order valence-electron chi connectivity index (χ3n) is 19.1. The lowest BCUT2D eigenvalue weighted by Gasteiger charge is -2.13. The van der Waals surface area contributed by atoms with E-state index in [-0.39, 0.29) is 0 Å². The van der Waals surface area contributed by atoms with E-state index in [0.29, 0.717) is 23.3 Å². The highest BCUT2D eigenvalue weighted by Gasteiger charge is 2.21. The molecule has 7 nitrogen and oxygen atoms in total. The lowest BCUT2D eigenvalue weighted by molar-refractivity contribution is 0.668. The predicted molar refractivity (Wildman–Crippen MR) is 408 cm³/mol. The number of thiophene rings is 2. The summed E-state index contributed by atoms with van der Waals surface area (Å²) in [6, 6.07) is 110. The molecule has 0 bridgehead atoms. The Labute approximate surface area is 569 Å². The van der Waals surface area contributed by atoms with E-state index in [1.807, 2.05) is 59.9 Å². The van der Waals surface area contributed by atoms with Crippen molar-refractivity contribution in [3.63, 3.8) is 0 Å². The molecule has 0 aliphatic rings. The van der Waals surface area contributed by atoms with Gasteiger partial charge in [0.25, 0.3) is 0 Å². The summed E-state index contributed by atoms with van der Waals surface area (Å²) >= 11 is 3.63. The van der Waals surface area contributed by atoms with Gasteiger partial charge in [0, 0.05) is 95.3 Å². The standard InChI is InChI=1S/C89H51N5O2S2/c1-3-15-52(16-4-1)63-42-64(53-17-5-2-6-18-53)44-65(43-63)77-51-76(58-31-38-72-71-24-9-12-28-82(71)97-84(72)49-58)90-86(91-77)62-34-39-73-75-46-57(35-40-83(75)98-85(73)50-62)66-25-14-19-54-29-30-56(45-74(54)66)55-20-13-21-59(41-55)87-92-88(60-32-36-69-67-22-7-10-26-78(67)95-80(69)47-60)94-89(93-87)61-33-37-70-68-23-8-11-27-79(68)96-81(70)48-61/h1-51H. The number of furan rings is 2. The van der Waals surface area contributed by atoms with Gasteiger partial charge in [0.15, 0.2) is 23.3 Å². The van der Waals surface area contributed by atoms with E-state index >= 15 is 0 Å². The third kappa shape index (κ3) is 9.66. The van der Waals surface area contributed by atoms with Crippen molar-refractivity contribution in [2.75, 3.05) is 0 Å². The highest BCUT2D eigenvalue weighted by Crippen LogP contribution is 2.44. The molecule has 20 rings (SSSR count). The minimum atomic E-state index is 0.540. The van der Waals surface area contributed by atoms with E-state index in [0.717, 1.165) is 144 Å². The summed E-state index contributed by atoms with van der Waals surface area (Å²) in [7, 11) is 0. The number of benzene rings is 14. The molecule has 0 N–H and O–H groups in total. The lowest BCUT2D eigenvalue weighted by Crippen LogP contribution is -2.00. The molecule has 0 saturated heterocycles. The molecule has 0 aliphatic carbocycles. The Morgan fingerprint density at radius 1 is 0.194 bits per heavy atom. The van der Waals surface area contributed by atoms with Crippen molar-refractivity contribution in [2.24, 2.45) is 0 Å². The molecule has 0 spiro atoms. The van der Waals surface area contributed by atoms with Gasteiger partial charge in [-0.05, 0) is 158 Å². The fraction of sp³-hybridized carbons (Fsp3) is 0. The van der Waals surface area contributed by atoms with Crippen molar-refractivity contribution in [3.05, 3.63) is 309 Å². The maximum atomic E-state index is 6.38. The number of rotatable bonds is 10. The first-order valence-corrected chi connectivity index (χ1v) is 34.4. The molecule has 14 aromatic carbocycles. The van der Waals surface area contributed by atoms with Crippen LogP contribution >= 0.6 is 22.7 Å². The van der Waals surface area contributed by atoms with Crippen molar-refractivity contribution in [1.29, 1.82) is 0 Å². The van der Waals surface area contributed by atoms with E-state index in [4.69, 9.17) is 33.8 Å². The third-order valence-corrected chi connectivity index (χ3v) is 21.4. The fourth-order valence-electron chi connectivity index (χ4n) is 14.2. The van der Waals surface area contributed by atoms with Crippen LogP contribution in [0.25, 0.3) is 208 Å². The Morgan fingerprint density at radius 3 is 1.28 bits per heavy atom. The second-order valence-corrected chi connectivity index (χ2v) is 27.2. The molecule has 20 aromatic rings. The first kappa shape index (κ1) is 55.9. The van der Waals surface area contributed by atoms with Crippen LogP contribution in [0.3, 0.4) is 0 Å². The molecular formula is C89H51N5O2S2. The quantitative estimate of drug-likeness (QED) is 0.135. The van der Waals surface area contributed by atoms with Crippen LogP contribution in [-0.2, 0) is 0 Å². The van der Waals surface area contributed by atoms with Crippen molar-refractivity contribution >= 4 is 118 Å². The Bertz CT molecular complexity index is 6450. The van der Waals surface area contributed by atoms with E-state index in [2.05, 4.69) is 261 Å². The maximum Gasteiger partial charge on any atom is 0.164 e. The molecule has 0 saturated carbocycles. The van der Waals surface area contributed by atoms with Gasteiger partial charge in [0.1, 0.15) is 22.3 Å². The fourth-order valence-corrected chi connectivity index (χ4v) is 16.5. The molecule has 0 aliphatic heterocycles. The highest BCUT2D eigenvalue weighted by molar-refractivity contribution is 7.26. The first-order valence-electron chi connectivity index (χ1n) is 32.7. The van der Waals surface area contributed by atoms with E-state index in [1.54, 1.807) is 11.3 Å². The van der Waals surface area contributed by atoms with Gasteiger partial charge < -0.3 is 8.83 Å². The van der Waals surface area contributed by atoms with Crippen LogP contribution in [-0.4, -0.2) is 24.9 Å². The summed E-state index contributed by atoms with van der Waals surface area (Å²) in [5.41, 5.74) is 19.5. The summed E-state index contributed by atoms with van der Waals surface area (Å²) in [6.07, 6.45) is 0. The zero-order chi connectivity index (χ0) is 64.4. The molecule has 456 valence electrons. The largest absolute Gasteiger partial charge is 0.456 e. The van der Waals surface area contributed by atoms with Crippen molar-refractivity contribution in [3.8, 4) is 113 Å². The van der Waals surface area contributed by atoms with Crippen LogP contribution in [0.1, 0.15) is 0 Å². The molecule has 0 fully saturated rings. The number of aromatic nitrogens is 5. The number of hydrogen-bond donors (Lipinski definition) is 0. The Hall–Kier alpha value is -12.5. The Balaban J connectivity index is 0.668. The molecule has 0 unspecified atom stereocenters. The van der Waals surface area contributed by atoms with E-state index in [1.165, 1.54) is 40.3 Å². The summed E-state index contributed by atoms with van der Waals surface area (Å²) < 4.78 is 17.7. The monoisotopic (exact) mass is 1290 g/mol. The average Bonchev–Trinajstić information content (AvgIpc) is 1.50. The zero-order valence-electron chi connectivity index (χ0n) is 52.3. The molecule has 6 aromatic heterocycles. The predicted octanol–water partition coefficient (Wildman–Crippen LogP) is 25.0. The number of para-hydroxylation sites is 2. The molecule has 6 heterocycles. The molecule has 0 radical (unpaired) electrons. The van der Waals surface area contributed by atoms with Crippen molar-refractivity contribution in [1.82, 2.24) is 24.9 Å². The van der Waals surface area contributed by atoms with Crippen LogP contribution < -0.4 is 0 Å². The second-order valence-electron chi connectivity index (χ2n) is 25.1. The average molecular weight is 1290 g/mol. The van der Waals surface area contributed by atoms with Gasteiger partial charge in [-0.15, -0.1) is 22.7 Å². The minimum absolute atomic E-state index is 0.540. The minimum Gasteiger partial charge on any atom is -0.456 e. The Kier molecular flexibility index (Phi) is 12.9. The SMILES string of the molecule is c1ccc(-c2cc(-c3ccccc3)cc(-c3cc(-c4ccc5c(c4)sc4ccccc45)nc(-c4ccc5c(c4)sc4ccc(-c6cccc7ccc(-c8cccc(-c9nc(-c%10ccc%11c(c%10)oc%10ccccc%10%11)nc(-c%10ccc%11c(c%10)oc%10ccccc%10%11)n9)c8)cc67)cc45)n3)c2)cc1. The van der Waals surface area contributed by atoms with Crippen molar-refractivity contribution in [2.45, 2.75) is 0 Å². The van der Waals surface area contributed by atoms with Gasteiger partial charge in [-0.3, -0.25) is 0 Å². The van der Waals surface area contributed by atoms with E-state index in [9.17, 15) is 0 Å². The summed E-state index contributed by atoms with van der Waals surface area (Å²) in [4.78, 5) is 26.6. The normalized spacial score (nSPS) is 11.9. The van der Waals surface area contributed by atoms with Crippen LogP contribution in [0, 0.1) is 0 Å². The van der Waals surface area contributed by atoms with Gasteiger partial charge in [-0.2, -0.15) is 0 Å². The second kappa shape index (κ2) is 22.6. The van der Waals surface area contributed by atoms with Gasteiger partial charge in [-0.1, -0.05) is 206 Å². The van der Waals surface area contributed by atoms with Gasteiger partial charge in [0.05, 0.1) is 11.4 Å². The maximum absolute atomic E-state index is 6.38. The first-order chi connectivity index (χ1) is 48.4. The topological polar surface area (TPSA) is 90.7 Å². The smallest absolute Gasteiger partial charge is 0.164 e. The van der Waals surface area contributed by atoms with Crippen LogP contribution in [0.2, 0.25) is 0 Å². The highest BCUT2D eigenvalue weighted by atomic mass is 32.1. The molecule has 0 amide bonds. The van der Waals surface area contributed by atoms with Crippen LogP contribution in [0.5, 0.6) is 0 Å². The van der Waals surface area contributed by atoms with Crippen LogP contribution in [0.4, 0.5) is 0 Å². The molecular weight excluding hydrogens is 1240 g/mol. The summed E-state index contributed by atoms with van der Waals surface area (Å²) in [6.45, 7) is 0. The Morgan fingerprint density at radius 2 is 0.612 bits per heavy atom. The lowest BCUT2D eigenvalue weighted by atomic mass is 9.93. The molecule has 9 heteroatoms. The van der Waals surface area contributed by atoms with Crippen molar-refractivity contribution < 1.29 is 8.83 Å². The summed E-state index contributed by atoms with van der Waals surface area (Å²) in [5.74, 6) is 2.31. The molecule has 0 atom stereocenters.